The van der Waals surface area contributed by atoms with Crippen LogP contribution in [0.5, 0.6) is 0 Å². The van der Waals surface area contributed by atoms with Crippen molar-refractivity contribution in [2.45, 2.75) is 18.8 Å². The molecule has 4 heteroatoms. The first-order valence-corrected chi connectivity index (χ1v) is 9.10. The summed E-state index contributed by atoms with van der Waals surface area (Å²) in [5.74, 6) is 0.582. The van der Waals surface area contributed by atoms with Gasteiger partial charge in [-0.05, 0) is 48.6 Å². The highest BCUT2D eigenvalue weighted by molar-refractivity contribution is 6.30. The second-order valence-electron chi connectivity index (χ2n) is 6.76. The summed E-state index contributed by atoms with van der Waals surface area (Å²) in [5, 5.41) is 1.90. The molecule has 1 amide bonds. The minimum Gasteiger partial charge on any atom is -0.347 e. The third kappa shape index (κ3) is 3.05. The van der Waals surface area contributed by atoms with Crippen molar-refractivity contribution in [3.05, 3.63) is 70.9 Å². The molecule has 4 rings (SSSR count). The number of likely N-dealkylation sites (tertiary alicyclic amines) is 1. The van der Waals surface area contributed by atoms with Gasteiger partial charge in [0.05, 0.1) is 0 Å². The number of aryl methyl sites for hydroxylation is 1. The monoisotopic (exact) mass is 352 g/mol. The number of rotatable bonds is 2. The van der Waals surface area contributed by atoms with Crippen molar-refractivity contribution < 1.29 is 4.79 Å². The van der Waals surface area contributed by atoms with Gasteiger partial charge >= 0.3 is 0 Å². The molecule has 0 radical (unpaired) electrons. The third-order valence-electron chi connectivity index (χ3n) is 5.26. The first-order valence-electron chi connectivity index (χ1n) is 8.72. The molecule has 3 aromatic rings. The van der Waals surface area contributed by atoms with Gasteiger partial charge in [-0.1, -0.05) is 35.9 Å². The Morgan fingerprint density at radius 2 is 1.80 bits per heavy atom. The smallest absolute Gasteiger partial charge is 0.253 e. The molecule has 1 aromatic heterocycles. The van der Waals surface area contributed by atoms with Crippen molar-refractivity contribution in [1.29, 1.82) is 0 Å². The van der Waals surface area contributed by atoms with E-state index in [4.69, 9.17) is 11.6 Å². The SMILES string of the molecule is Cn1c(C2CCN(C(=O)c3cccc(Cl)c3)CC2)cc2ccccc21. The molecule has 2 heterocycles. The van der Waals surface area contributed by atoms with Gasteiger partial charge < -0.3 is 9.47 Å². The van der Waals surface area contributed by atoms with Crippen LogP contribution in [0.2, 0.25) is 5.02 Å². The number of benzene rings is 2. The van der Waals surface area contributed by atoms with Gasteiger partial charge in [0, 0.05) is 47.9 Å². The highest BCUT2D eigenvalue weighted by Crippen LogP contribution is 2.32. The molecule has 3 nitrogen and oxygen atoms in total. The highest BCUT2D eigenvalue weighted by atomic mass is 35.5. The zero-order valence-corrected chi connectivity index (χ0v) is 15.0. The number of hydrogen-bond donors (Lipinski definition) is 0. The van der Waals surface area contributed by atoms with Crippen LogP contribution >= 0.6 is 11.6 Å². The third-order valence-corrected chi connectivity index (χ3v) is 5.50. The molecule has 0 saturated carbocycles. The van der Waals surface area contributed by atoms with Crippen LogP contribution in [0.1, 0.15) is 34.8 Å². The number of carbonyl (C=O) groups excluding carboxylic acids is 1. The summed E-state index contributed by atoms with van der Waals surface area (Å²) in [7, 11) is 2.14. The number of hydrogen-bond acceptors (Lipinski definition) is 1. The normalized spacial score (nSPS) is 15.7. The lowest BCUT2D eigenvalue weighted by molar-refractivity contribution is 0.0711. The Hall–Kier alpha value is -2.26. The predicted octanol–water partition coefficient (Wildman–Crippen LogP) is 4.85. The van der Waals surface area contributed by atoms with E-state index in [-0.39, 0.29) is 5.91 Å². The van der Waals surface area contributed by atoms with Crippen molar-refractivity contribution in [2.24, 2.45) is 7.05 Å². The Bertz CT molecular complexity index is 923. The molecular weight excluding hydrogens is 332 g/mol. The number of amides is 1. The van der Waals surface area contributed by atoms with Gasteiger partial charge in [0.1, 0.15) is 0 Å². The van der Waals surface area contributed by atoms with E-state index in [1.807, 2.05) is 17.0 Å². The predicted molar refractivity (Wildman–Crippen MR) is 102 cm³/mol. The van der Waals surface area contributed by atoms with Gasteiger partial charge in [-0.25, -0.2) is 0 Å². The van der Waals surface area contributed by atoms with Crippen LogP contribution in [0.15, 0.2) is 54.6 Å². The number of nitrogens with zero attached hydrogens (tertiary/aromatic N) is 2. The van der Waals surface area contributed by atoms with Gasteiger partial charge in [0.2, 0.25) is 0 Å². The molecule has 1 saturated heterocycles. The summed E-state index contributed by atoms with van der Waals surface area (Å²) in [5.41, 5.74) is 3.32. The topological polar surface area (TPSA) is 25.2 Å². The molecule has 128 valence electrons. The van der Waals surface area contributed by atoms with E-state index in [1.54, 1.807) is 12.1 Å². The zero-order chi connectivity index (χ0) is 17.4. The van der Waals surface area contributed by atoms with Crippen molar-refractivity contribution in [2.75, 3.05) is 13.1 Å². The molecule has 2 aromatic carbocycles. The summed E-state index contributed by atoms with van der Waals surface area (Å²) in [6.07, 6.45) is 1.99. The van der Waals surface area contributed by atoms with E-state index in [2.05, 4.69) is 41.9 Å². The first-order chi connectivity index (χ1) is 12.1. The van der Waals surface area contributed by atoms with Crippen LogP contribution in [0.3, 0.4) is 0 Å². The molecule has 25 heavy (non-hydrogen) atoms. The number of fused-ring (bicyclic) bond motifs is 1. The first kappa shape index (κ1) is 16.2. The Labute approximate surface area is 152 Å². The lowest BCUT2D eigenvalue weighted by Crippen LogP contribution is -2.38. The number of piperidine rings is 1. The Kier molecular flexibility index (Phi) is 4.26. The molecule has 0 spiro atoms. The van der Waals surface area contributed by atoms with Crippen LogP contribution in [-0.2, 0) is 7.05 Å². The van der Waals surface area contributed by atoms with Crippen molar-refractivity contribution in [3.8, 4) is 0 Å². The fourth-order valence-electron chi connectivity index (χ4n) is 3.88. The summed E-state index contributed by atoms with van der Waals surface area (Å²) >= 11 is 6.01. The van der Waals surface area contributed by atoms with Crippen LogP contribution in [0.4, 0.5) is 0 Å². The van der Waals surface area contributed by atoms with E-state index in [0.29, 0.717) is 16.5 Å². The maximum atomic E-state index is 12.7. The lowest BCUT2D eigenvalue weighted by atomic mass is 9.93. The van der Waals surface area contributed by atoms with Crippen LogP contribution < -0.4 is 0 Å². The number of aromatic nitrogens is 1. The molecule has 1 fully saturated rings. The van der Waals surface area contributed by atoms with E-state index in [1.165, 1.54) is 16.6 Å². The minimum absolute atomic E-state index is 0.0815. The molecule has 0 aliphatic carbocycles. The van der Waals surface area contributed by atoms with Gasteiger partial charge in [0.25, 0.3) is 5.91 Å². The number of carbonyl (C=O) groups is 1. The molecule has 1 aliphatic rings. The van der Waals surface area contributed by atoms with Gasteiger partial charge in [-0.15, -0.1) is 0 Å². The molecule has 1 aliphatic heterocycles. The zero-order valence-electron chi connectivity index (χ0n) is 14.3. The lowest BCUT2D eigenvalue weighted by Gasteiger charge is -2.32. The average molecular weight is 353 g/mol. The molecule has 0 atom stereocenters. The van der Waals surface area contributed by atoms with Gasteiger partial charge in [0.15, 0.2) is 0 Å². The fraction of sp³-hybridized carbons (Fsp3) is 0.286. The maximum Gasteiger partial charge on any atom is 0.253 e. The van der Waals surface area contributed by atoms with E-state index >= 15 is 0 Å². The Morgan fingerprint density at radius 3 is 2.52 bits per heavy atom. The molecule has 0 N–H and O–H groups in total. The number of halogens is 1. The largest absolute Gasteiger partial charge is 0.347 e. The number of para-hydroxylation sites is 1. The van der Waals surface area contributed by atoms with Gasteiger partial charge in [-0.2, -0.15) is 0 Å². The molecule has 0 unspecified atom stereocenters. The highest BCUT2D eigenvalue weighted by Gasteiger charge is 2.26. The summed E-state index contributed by atoms with van der Waals surface area (Å²) in [6.45, 7) is 1.58. The van der Waals surface area contributed by atoms with Crippen LogP contribution in [-0.4, -0.2) is 28.5 Å². The van der Waals surface area contributed by atoms with E-state index in [9.17, 15) is 4.79 Å². The van der Waals surface area contributed by atoms with Crippen molar-refractivity contribution >= 4 is 28.4 Å². The maximum absolute atomic E-state index is 12.7. The second-order valence-corrected chi connectivity index (χ2v) is 7.20. The van der Waals surface area contributed by atoms with E-state index < -0.39 is 0 Å². The fourth-order valence-corrected chi connectivity index (χ4v) is 4.07. The second kappa shape index (κ2) is 6.57. The van der Waals surface area contributed by atoms with E-state index in [0.717, 1.165) is 25.9 Å². The van der Waals surface area contributed by atoms with Crippen molar-refractivity contribution in [3.63, 3.8) is 0 Å². The van der Waals surface area contributed by atoms with Gasteiger partial charge in [-0.3, -0.25) is 4.79 Å². The van der Waals surface area contributed by atoms with Crippen LogP contribution in [0.25, 0.3) is 10.9 Å². The van der Waals surface area contributed by atoms with Crippen LogP contribution in [0, 0.1) is 0 Å². The van der Waals surface area contributed by atoms with Crippen molar-refractivity contribution in [1.82, 2.24) is 9.47 Å². The quantitative estimate of drug-likeness (QED) is 0.647. The summed E-state index contributed by atoms with van der Waals surface area (Å²) in [6, 6.07) is 18.0. The minimum atomic E-state index is 0.0815. The Morgan fingerprint density at radius 1 is 1.04 bits per heavy atom. The average Bonchev–Trinajstić information content (AvgIpc) is 2.98. The standard InChI is InChI=1S/C21H21ClN2O/c1-23-19-8-3-2-5-16(19)14-20(23)15-9-11-24(12-10-15)21(25)17-6-4-7-18(22)13-17/h2-8,13-15H,9-12H2,1H3. The molecule has 0 bridgehead atoms. The molecular formula is C21H21ClN2O. The Balaban J connectivity index is 1.49. The summed E-state index contributed by atoms with van der Waals surface area (Å²) < 4.78 is 2.30. The summed E-state index contributed by atoms with van der Waals surface area (Å²) in [4.78, 5) is 14.6.